The van der Waals surface area contributed by atoms with E-state index < -0.39 is 17.6 Å². The number of hydrogen-bond acceptors (Lipinski definition) is 2. The molecule has 0 aliphatic heterocycles. The molecule has 106 valence electrons. The van der Waals surface area contributed by atoms with Crippen LogP contribution in [0.15, 0.2) is 36.4 Å². The van der Waals surface area contributed by atoms with Crippen molar-refractivity contribution in [2.45, 2.75) is 6.18 Å². The van der Waals surface area contributed by atoms with Gasteiger partial charge in [-0.15, -0.1) is 0 Å². The third kappa shape index (κ3) is 3.14. The summed E-state index contributed by atoms with van der Waals surface area (Å²) in [4.78, 5) is 0. The summed E-state index contributed by atoms with van der Waals surface area (Å²) in [6, 6.07) is 6.32. The van der Waals surface area contributed by atoms with Gasteiger partial charge in [-0.1, -0.05) is 11.6 Å². The van der Waals surface area contributed by atoms with E-state index in [9.17, 15) is 17.6 Å². The summed E-state index contributed by atoms with van der Waals surface area (Å²) in [5, 5.41) is -0.225. The lowest BCUT2D eigenvalue weighted by atomic mass is 10.2. The van der Waals surface area contributed by atoms with Crippen LogP contribution in [-0.4, -0.2) is 0 Å². The van der Waals surface area contributed by atoms with Gasteiger partial charge in [0.15, 0.2) is 0 Å². The Hall–Kier alpha value is -1.95. The average molecular weight is 306 g/mol. The molecule has 0 spiro atoms. The minimum absolute atomic E-state index is 0.0103. The summed E-state index contributed by atoms with van der Waals surface area (Å²) >= 11 is 5.71. The van der Waals surface area contributed by atoms with Crippen molar-refractivity contribution >= 4 is 17.3 Å². The van der Waals surface area contributed by atoms with E-state index in [0.717, 1.165) is 24.3 Å². The lowest BCUT2D eigenvalue weighted by Crippen LogP contribution is -2.04. The fraction of sp³-hybridized carbons (Fsp3) is 0.0769. The highest BCUT2D eigenvalue weighted by molar-refractivity contribution is 6.32. The molecule has 0 radical (unpaired) electrons. The van der Waals surface area contributed by atoms with Crippen molar-refractivity contribution < 1.29 is 22.3 Å². The van der Waals surface area contributed by atoms with Crippen molar-refractivity contribution in [2.75, 3.05) is 5.73 Å². The second-order valence-electron chi connectivity index (χ2n) is 3.93. The van der Waals surface area contributed by atoms with E-state index in [0.29, 0.717) is 0 Å². The summed E-state index contributed by atoms with van der Waals surface area (Å²) < 4.78 is 55.8. The predicted octanol–water partition coefficient (Wildman–Crippen LogP) is 4.87. The first-order chi connectivity index (χ1) is 9.27. The molecule has 2 rings (SSSR count). The Kier molecular flexibility index (Phi) is 3.76. The first-order valence-corrected chi connectivity index (χ1v) is 5.75. The number of nitrogen functional groups attached to an aromatic ring is 1. The number of anilines is 1. The molecule has 0 amide bonds. The molecule has 7 heteroatoms. The molecule has 0 aliphatic rings. The summed E-state index contributed by atoms with van der Waals surface area (Å²) in [5.74, 6) is -0.618. The van der Waals surface area contributed by atoms with Crippen LogP contribution in [0.3, 0.4) is 0 Å². The van der Waals surface area contributed by atoms with Gasteiger partial charge in [0.1, 0.15) is 17.3 Å². The summed E-state index contributed by atoms with van der Waals surface area (Å²) in [5.41, 5.74) is 4.35. The lowest BCUT2D eigenvalue weighted by Gasteiger charge is -2.11. The number of hydrogen-bond donors (Lipinski definition) is 1. The van der Waals surface area contributed by atoms with Crippen LogP contribution in [0.1, 0.15) is 5.56 Å². The van der Waals surface area contributed by atoms with Crippen molar-refractivity contribution in [3.63, 3.8) is 0 Å². The molecule has 0 saturated heterocycles. The van der Waals surface area contributed by atoms with Crippen LogP contribution < -0.4 is 10.5 Å². The van der Waals surface area contributed by atoms with E-state index in [1.54, 1.807) is 0 Å². The molecule has 0 atom stereocenters. The zero-order valence-corrected chi connectivity index (χ0v) is 10.6. The Morgan fingerprint density at radius 1 is 1.05 bits per heavy atom. The number of rotatable bonds is 2. The van der Waals surface area contributed by atoms with Crippen molar-refractivity contribution in [1.82, 2.24) is 0 Å². The first-order valence-electron chi connectivity index (χ1n) is 5.37. The zero-order chi connectivity index (χ0) is 14.9. The zero-order valence-electron chi connectivity index (χ0n) is 9.84. The summed E-state index contributed by atoms with van der Waals surface area (Å²) in [6.45, 7) is 0. The molecule has 2 N–H and O–H groups in total. The highest BCUT2D eigenvalue weighted by Gasteiger charge is 2.31. The van der Waals surface area contributed by atoms with Crippen LogP contribution in [0.5, 0.6) is 11.5 Å². The van der Waals surface area contributed by atoms with Gasteiger partial charge < -0.3 is 10.5 Å². The maximum Gasteiger partial charge on any atom is 0.416 e. The molecule has 0 saturated carbocycles. The summed E-state index contributed by atoms with van der Waals surface area (Å²) in [7, 11) is 0. The Morgan fingerprint density at radius 2 is 1.75 bits per heavy atom. The van der Waals surface area contributed by atoms with Crippen LogP contribution >= 0.6 is 11.6 Å². The second kappa shape index (κ2) is 5.20. The molecule has 2 aromatic carbocycles. The quantitative estimate of drug-likeness (QED) is 0.634. The van der Waals surface area contributed by atoms with Gasteiger partial charge in [-0.05, 0) is 30.3 Å². The molecule has 0 heterocycles. The largest absolute Gasteiger partial charge is 0.456 e. The van der Waals surface area contributed by atoms with Gasteiger partial charge in [-0.25, -0.2) is 4.39 Å². The van der Waals surface area contributed by atoms with Gasteiger partial charge in [0.2, 0.25) is 0 Å². The number of ether oxygens (including phenoxy) is 1. The standard InChI is InChI=1S/C13H8ClF4NO/c14-9-5-7(13(16,17)18)1-4-12(9)20-8-2-3-11(19)10(15)6-8/h1-6H,19H2. The van der Waals surface area contributed by atoms with Crippen molar-refractivity contribution in [2.24, 2.45) is 0 Å². The van der Waals surface area contributed by atoms with Gasteiger partial charge in [0, 0.05) is 6.07 Å². The lowest BCUT2D eigenvalue weighted by molar-refractivity contribution is -0.137. The van der Waals surface area contributed by atoms with Crippen LogP contribution in [0.25, 0.3) is 0 Å². The number of alkyl halides is 3. The van der Waals surface area contributed by atoms with E-state index >= 15 is 0 Å². The normalized spacial score (nSPS) is 11.4. The molecular weight excluding hydrogens is 298 g/mol. The fourth-order valence-electron chi connectivity index (χ4n) is 1.46. The molecule has 0 bridgehead atoms. The van der Waals surface area contributed by atoms with E-state index in [-0.39, 0.29) is 22.2 Å². The molecule has 2 nitrogen and oxygen atoms in total. The third-order valence-electron chi connectivity index (χ3n) is 2.46. The maximum absolute atomic E-state index is 13.2. The highest BCUT2D eigenvalue weighted by Crippen LogP contribution is 2.36. The van der Waals surface area contributed by atoms with Crippen LogP contribution in [0.2, 0.25) is 5.02 Å². The minimum Gasteiger partial charge on any atom is -0.456 e. The minimum atomic E-state index is -4.49. The SMILES string of the molecule is Nc1ccc(Oc2ccc(C(F)(F)F)cc2Cl)cc1F. The monoisotopic (exact) mass is 305 g/mol. The fourth-order valence-corrected chi connectivity index (χ4v) is 1.68. The van der Waals surface area contributed by atoms with Crippen LogP contribution in [-0.2, 0) is 6.18 Å². The Labute approximate surface area is 116 Å². The molecule has 2 aromatic rings. The molecule has 0 aliphatic carbocycles. The van der Waals surface area contributed by atoms with Gasteiger partial charge in [0.05, 0.1) is 16.3 Å². The van der Waals surface area contributed by atoms with E-state index in [2.05, 4.69) is 0 Å². The van der Waals surface area contributed by atoms with Crippen molar-refractivity contribution in [3.05, 3.63) is 52.8 Å². The van der Waals surface area contributed by atoms with Crippen LogP contribution in [0.4, 0.5) is 23.2 Å². The van der Waals surface area contributed by atoms with E-state index in [1.165, 1.54) is 12.1 Å². The smallest absolute Gasteiger partial charge is 0.416 e. The van der Waals surface area contributed by atoms with Gasteiger partial charge in [0.25, 0.3) is 0 Å². The second-order valence-corrected chi connectivity index (χ2v) is 4.34. The molecule has 0 unspecified atom stereocenters. The van der Waals surface area contributed by atoms with Crippen molar-refractivity contribution in [3.8, 4) is 11.5 Å². The van der Waals surface area contributed by atoms with E-state index in [1.807, 2.05) is 0 Å². The number of halogens is 5. The topological polar surface area (TPSA) is 35.2 Å². The Balaban J connectivity index is 2.28. The van der Waals surface area contributed by atoms with E-state index in [4.69, 9.17) is 22.1 Å². The average Bonchev–Trinajstić information content (AvgIpc) is 2.35. The van der Waals surface area contributed by atoms with Crippen LogP contribution in [0, 0.1) is 5.82 Å². The molecule has 0 aromatic heterocycles. The predicted molar refractivity (Wildman–Crippen MR) is 67.3 cm³/mol. The Morgan fingerprint density at radius 3 is 2.30 bits per heavy atom. The van der Waals surface area contributed by atoms with Gasteiger partial charge in [-0.2, -0.15) is 13.2 Å². The van der Waals surface area contributed by atoms with Gasteiger partial charge >= 0.3 is 6.18 Å². The third-order valence-corrected chi connectivity index (χ3v) is 2.75. The Bertz CT molecular complexity index is 643. The first kappa shape index (κ1) is 14.5. The van der Waals surface area contributed by atoms with Gasteiger partial charge in [-0.3, -0.25) is 0 Å². The molecular formula is C13H8ClF4NO. The van der Waals surface area contributed by atoms with Crippen molar-refractivity contribution in [1.29, 1.82) is 0 Å². The highest BCUT2D eigenvalue weighted by atomic mass is 35.5. The maximum atomic E-state index is 13.2. The number of nitrogens with two attached hydrogens (primary N) is 1. The number of benzene rings is 2. The molecule has 0 fully saturated rings. The molecule has 20 heavy (non-hydrogen) atoms. The summed E-state index contributed by atoms with van der Waals surface area (Å²) in [6.07, 6.45) is -4.49.